The fourth-order valence-corrected chi connectivity index (χ4v) is 3.63. The van der Waals surface area contributed by atoms with E-state index >= 15 is 0 Å². The van der Waals surface area contributed by atoms with E-state index < -0.39 is 12.2 Å². The van der Waals surface area contributed by atoms with E-state index in [9.17, 15) is 0 Å². The highest BCUT2D eigenvalue weighted by molar-refractivity contribution is 7.15. The predicted molar refractivity (Wildman–Crippen MR) is 106 cm³/mol. The van der Waals surface area contributed by atoms with Crippen molar-refractivity contribution in [2.45, 2.75) is 37.2 Å². The highest BCUT2D eigenvalue weighted by Crippen LogP contribution is 2.26. The van der Waals surface area contributed by atoms with E-state index in [0.29, 0.717) is 24.6 Å². The summed E-state index contributed by atoms with van der Waals surface area (Å²) in [6.07, 6.45) is 5.42. The van der Waals surface area contributed by atoms with Crippen molar-refractivity contribution in [3.05, 3.63) is 5.01 Å². The van der Waals surface area contributed by atoms with E-state index in [-0.39, 0.29) is 39.1 Å². The van der Waals surface area contributed by atoms with Gasteiger partial charge in [0.2, 0.25) is 5.13 Å². The van der Waals surface area contributed by atoms with E-state index in [0.717, 1.165) is 5.01 Å². The standard InChI is InChI=1S/C18H29N3O7S/c1-5-6-7-15-20-21-18(29-15)19-13-8-26-14(9-25-10-22-2)17(28-12-24-4)16(13)27-11-23-3/h1,13-14,16-17H,6-12H2,2-4H3,(H,19,21)/t13-,14+,16+,17-/m0/s1. The highest BCUT2D eigenvalue weighted by atomic mass is 32.1. The number of aryl methyl sites for hydroxylation is 1. The van der Waals surface area contributed by atoms with Crippen molar-refractivity contribution >= 4 is 16.5 Å². The maximum absolute atomic E-state index is 5.99. The van der Waals surface area contributed by atoms with Gasteiger partial charge in [-0.25, -0.2) is 0 Å². The first kappa shape index (κ1) is 23.9. The first-order valence-electron chi connectivity index (χ1n) is 9.15. The largest absolute Gasteiger partial charge is 0.371 e. The minimum Gasteiger partial charge on any atom is -0.371 e. The summed E-state index contributed by atoms with van der Waals surface area (Å²) in [6.45, 7) is 1.000. The number of methoxy groups -OCH3 is 3. The lowest BCUT2D eigenvalue weighted by Crippen LogP contribution is -2.59. The van der Waals surface area contributed by atoms with Crippen LogP contribution in [0.3, 0.4) is 0 Å². The summed E-state index contributed by atoms with van der Waals surface area (Å²) in [4.78, 5) is 0. The van der Waals surface area contributed by atoms with Crippen molar-refractivity contribution in [2.75, 3.05) is 60.2 Å². The van der Waals surface area contributed by atoms with Crippen LogP contribution in [0.1, 0.15) is 11.4 Å². The van der Waals surface area contributed by atoms with Crippen LogP contribution < -0.4 is 5.32 Å². The Balaban J connectivity index is 2.08. The molecule has 0 aliphatic carbocycles. The van der Waals surface area contributed by atoms with Crippen LogP contribution in [0, 0.1) is 12.3 Å². The molecule has 10 nitrogen and oxygen atoms in total. The van der Waals surface area contributed by atoms with E-state index in [4.69, 9.17) is 39.6 Å². The van der Waals surface area contributed by atoms with Crippen LogP contribution in [-0.2, 0) is 39.6 Å². The number of anilines is 1. The van der Waals surface area contributed by atoms with Gasteiger partial charge in [0, 0.05) is 34.2 Å². The third-order valence-corrected chi connectivity index (χ3v) is 4.99. The Morgan fingerprint density at radius 1 is 1.10 bits per heavy atom. The maximum atomic E-state index is 5.99. The van der Waals surface area contributed by atoms with E-state index in [2.05, 4.69) is 21.4 Å². The summed E-state index contributed by atoms with van der Waals surface area (Å²) < 4.78 is 38.4. The minimum atomic E-state index is -0.456. The summed E-state index contributed by atoms with van der Waals surface area (Å²) >= 11 is 1.45. The molecule has 0 radical (unpaired) electrons. The third kappa shape index (κ3) is 7.76. The van der Waals surface area contributed by atoms with Crippen LogP contribution in [-0.4, -0.2) is 89.5 Å². The Kier molecular flexibility index (Phi) is 11.4. The SMILES string of the molecule is C#CCCc1nnc(N[C@H]2CO[C@H](COCOC)[C@H](OCOC)[C@@H]2OCOC)s1. The number of ether oxygens (including phenoxy) is 7. The molecule has 0 aromatic carbocycles. The zero-order valence-corrected chi connectivity index (χ0v) is 17.8. The van der Waals surface area contributed by atoms with Crippen LogP contribution >= 0.6 is 11.3 Å². The molecule has 0 bridgehead atoms. The molecule has 29 heavy (non-hydrogen) atoms. The van der Waals surface area contributed by atoms with E-state index in [1.807, 2.05) is 0 Å². The zero-order valence-electron chi connectivity index (χ0n) is 17.0. The first-order valence-corrected chi connectivity index (χ1v) is 9.96. The van der Waals surface area contributed by atoms with Gasteiger partial charge in [-0.05, 0) is 0 Å². The Labute approximate surface area is 175 Å². The van der Waals surface area contributed by atoms with E-state index in [1.54, 1.807) is 21.3 Å². The lowest BCUT2D eigenvalue weighted by Gasteiger charge is -2.42. The molecule has 1 aromatic heterocycles. The number of hydrogen-bond donors (Lipinski definition) is 1. The van der Waals surface area contributed by atoms with Gasteiger partial charge in [-0.1, -0.05) is 11.3 Å². The topological polar surface area (TPSA) is 102 Å². The second kappa shape index (κ2) is 13.8. The van der Waals surface area contributed by atoms with Gasteiger partial charge in [0.15, 0.2) is 0 Å². The maximum Gasteiger partial charge on any atom is 0.206 e. The molecule has 1 aliphatic heterocycles. The van der Waals surface area contributed by atoms with Crippen LogP contribution in [0.25, 0.3) is 0 Å². The molecule has 164 valence electrons. The lowest BCUT2D eigenvalue weighted by atomic mass is 9.98. The predicted octanol–water partition coefficient (Wildman–Crippen LogP) is 0.882. The highest BCUT2D eigenvalue weighted by Gasteiger charge is 2.43. The second-order valence-electron chi connectivity index (χ2n) is 6.18. The summed E-state index contributed by atoms with van der Waals surface area (Å²) in [6, 6.07) is -0.237. The Bertz CT molecular complexity index is 613. The molecule has 0 spiro atoms. The quantitative estimate of drug-likeness (QED) is 0.259. The lowest BCUT2D eigenvalue weighted by molar-refractivity contribution is -0.235. The van der Waals surface area contributed by atoms with Gasteiger partial charge in [-0.2, -0.15) is 0 Å². The molecule has 1 fully saturated rings. The average molecular weight is 432 g/mol. The summed E-state index contributed by atoms with van der Waals surface area (Å²) in [7, 11) is 4.68. The van der Waals surface area contributed by atoms with Crippen molar-refractivity contribution < 1.29 is 33.2 Å². The first-order chi connectivity index (χ1) is 14.2. The number of hydrogen-bond acceptors (Lipinski definition) is 11. The van der Waals surface area contributed by atoms with Gasteiger partial charge in [-0.15, -0.1) is 22.5 Å². The van der Waals surface area contributed by atoms with Crippen molar-refractivity contribution in [2.24, 2.45) is 0 Å². The molecule has 2 heterocycles. The number of aromatic nitrogens is 2. The third-order valence-electron chi connectivity index (χ3n) is 4.08. The molecule has 4 atom stereocenters. The molecule has 2 rings (SSSR count). The molecule has 0 saturated carbocycles. The van der Waals surface area contributed by atoms with Crippen molar-refractivity contribution in [1.82, 2.24) is 10.2 Å². The van der Waals surface area contributed by atoms with Crippen LogP contribution in [0.4, 0.5) is 5.13 Å². The number of nitrogens with one attached hydrogen (secondary N) is 1. The summed E-state index contributed by atoms with van der Waals surface area (Å²) in [5, 5.41) is 13.2. The monoisotopic (exact) mass is 431 g/mol. The fraction of sp³-hybridized carbons (Fsp3) is 0.778. The minimum absolute atomic E-state index is 0.0867. The molecule has 1 aliphatic rings. The van der Waals surface area contributed by atoms with Gasteiger partial charge in [0.1, 0.15) is 43.7 Å². The van der Waals surface area contributed by atoms with Crippen molar-refractivity contribution in [1.29, 1.82) is 0 Å². The summed E-state index contributed by atoms with van der Waals surface area (Å²) in [5.41, 5.74) is 0. The molecule has 0 unspecified atom stereocenters. The van der Waals surface area contributed by atoms with Crippen LogP contribution in [0.15, 0.2) is 0 Å². The van der Waals surface area contributed by atoms with Gasteiger partial charge in [-0.3, -0.25) is 0 Å². The molecular formula is C18H29N3O7S. The smallest absolute Gasteiger partial charge is 0.206 e. The van der Waals surface area contributed by atoms with Crippen LogP contribution in [0.2, 0.25) is 0 Å². The molecular weight excluding hydrogens is 402 g/mol. The van der Waals surface area contributed by atoms with Crippen molar-refractivity contribution in [3.63, 3.8) is 0 Å². The Morgan fingerprint density at radius 2 is 1.83 bits per heavy atom. The average Bonchev–Trinajstić information content (AvgIpc) is 3.18. The molecule has 1 N–H and O–H groups in total. The second-order valence-corrected chi connectivity index (χ2v) is 7.24. The number of nitrogens with zero attached hydrogens (tertiary/aromatic N) is 2. The molecule has 11 heteroatoms. The van der Waals surface area contributed by atoms with Gasteiger partial charge < -0.3 is 38.5 Å². The molecule has 0 amide bonds. The van der Waals surface area contributed by atoms with Crippen molar-refractivity contribution in [3.8, 4) is 12.3 Å². The number of rotatable bonds is 14. The Morgan fingerprint density at radius 3 is 2.52 bits per heavy atom. The molecule has 1 aromatic rings. The fourth-order valence-electron chi connectivity index (χ4n) is 2.83. The van der Waals surface area contributed by atoms with Crippen LogP contribution in [0.5, 0.6) is 0 Å². The van der Waals surface area contributed by atoms with E-state index in [1.165, 1.54) is 11.3 Å². The normalized spacial score (nSPS) is 24.3. The Hall–Kier alpha value is -1.36. The number of terminal acetylenes is 1. The van der Waals surface area contributed by atoms with Gasteiger partial charge in [0.05, 0.1) is 19.3 Å². The van der Waals surface area contributed by atoms with Gasteiger partial charge >= 0.3 is 0 Å². The van der Waals surface area contributed by atoms with Gasteiger partial charge in [0.25, 0.3) is 0 Å². The summed E-state index contributed by atoms with van der Waals surface area (Å²) in [5.74, 6) is 2.60. The molecule has 1 saturated heterocycles. The zero-order chi connectivity index (χ0) is 20.9.